The lowest BCUT2D eigenvalue weighted by molar-refractivity contribution is -0.129. The van der Waals surface area contributed by atoms with Gasteiger partial charge in [-0.2, -0.15) is 0 Å². The second kappa shape index (κ2) is 6.89. The number of amides is 1. The molecule has 0 unspecified atom stereocenters. The topological polar surface area (TPSA) is 66.5 Å². The van der Waals surface area contributed by atoms with E-state index in [9.17, 15) is 13.2 Å². The van der Waals surface area contributed by atoms with Gasteiger partial charge in [0, 0.05) is 13.1 Å². The number of carbonyl (C=O) groups excluding carboxylic acids is 1. The van der Waals surface area contributed by atoms with Crippen LogP contribution < -0.4 is 5.32 Å². The molecule has 1 saturated heterocycles. The van der Waals surface area contributed by atoms with Gasteiger partial charge in [0.25, 0.3) is 0 Å². The van der Waals surface area contributed by atoms with Gasteiger partial charge >= 0.3 is 0 Å². The Kier molecular flexibility index (Phi) is 5.43. The molecular formula is C14H26N2O3S. The third-order valence-corrected chi connectivity index (χ3v) is 6.73. The number of sulfone groups is 1. The molecule has 0 radical (unpaired) electrons. The van der Waals surface area contributed by atoms with Gasteiger partial charge in [0.2, 0.25) is 5.91 Å². The van der Waals surface area contributed by atoms with Crippen LogP contribution in [0, 0.1) is 5.92 Å². The van der Waals surface area contributed by atoms with Crippen LogP contribution in [0.5, 0.6) is 0 Å². The molecular weight excluding hydrogens is 276 g/mol. The van der Waals surface area contributed by atoms with Gasteiger partial charge in [-0.05, 0) is 45.2 Å². The Morgan fingerprint density at radius 3 is 2.30 bits per heavy atom. The molecule has 0 aromatic carbocycles. The maximum Gasteiger partial charge on any atom is 0.237 e. The monoisotopic (exact) mass is 302 g/mol. The van der Waals surface area contributed by atoms with E-state index in [4.69, 9.17) is 0 Å². The standard InChI is InChI=1S/C14H26N2O3S/c1-15-10-12-6-8-16(9-7-12)14(17)11-20(18,19)13-4-2-3-5-13/h12-13,15H,2-11H2,1H3. The number of hydrogen-bond donors (Lipinski definition) is 1. The molecule has 0 aromatic heterocycles. The third-order valence-electron chi connectivity index (χ3n) is 4.59. The minimum absolute atomic E-state index is 0.195. The molecule has 0 aromatic rings. The van der Waals surface area contributed by atoms with E-state index < -0.39 is 9.84 Å². The lowest BCUT2D eigenvalue weighted by atomic mass is 9.97. The summed E-state index contributed by atoms with van der Waals surface area (Å²) in [7, 11) is -1.30. The summed E-state index contributed by atoms with van der Waals surface area (Å²) in [6.45, 7) is 2.37. The van der Waals surface area contributed by atoms with Crippen LogP contribution >= 0.6 is 0 Å². The zero-order valence-electron chi connectivity index (χ0n) is 12.3. The normalized spacial score (nSPS) is 22.4. The Morgan fingerprint density at radius 2 is 1.75 bits per heavy atom. The Labute approximate surface area is 122 Å². The number of likely N-dealkylation sites (tertiary alicyclic amines) is 1. The quantitative estimate of drug-likeness (QED) is 0.816. The van der Waals surface area contributed by atoms with E-state index >= 15 is 0 Å². The van der Waals surface area contributed by atoms with Gasteiger partial charge in [0.05, 0.1) is 5.25 Å². The van der Waals surface area contributed by atoms with Gasteiger partial charge in [-0.3, -0.25) is 4.79 Å². The molecule has 0 atom stereocenters. The van der Waals surface area contributed by atoms with Crippen LogP contribution in [0.25, 0.3) is 0 Å². The van der Waals surface area contributed by atoms with Crippen molar-refractivity contribution in [2.75, 3.05) is 32.4 Å². The smallest absolute Gasteiger partial charge is 0.237 e. The van der Waals surface area contributed by atoms with E-state index in [1.807, 2.05) is 7.05 Å². The summed E-state index contributed by atoms with van der Waals surface area (Å²) in [6, 6.07) is 0. The highest BCUT2D eigenvalue weighted by atomic mass is 32.2. The van der Waals surface area contributed by atoms with Crippen molar-refractivity contribution in [3.05, 3.63) is 0 Å². The van der Waals surface area contributed by atoms with Gasteiger partial charge in [0.15, 0.2) is 9.84 Å². The lowest BCUT2D eigenvalue weighted by Crippen LogP contribution is -2.43. The molecule has 2 fully saturated rings. The zero-order valence-corrected chi connectivity index (χ0v) is 13.1. The summed E-state index contributed by atoms with van der Waals surface area (Å²) in [5, 5.41) is 2.89. The Balaban J connectivity index is 1.83. The molecule has 1 amide bonds. The van der Waals surface area contributed by atoms with Crippen LogP contribution in [0.2, 0.25) is 0 Å². The zero-order chi connectivity index (χ0) is 14.6. The van der Waals surface area contributed by atoms with E-state index in [0.29, 0.717) is 19.0 Å². The maximum absolute atomic E-state index is 12.2. The van der Waals surface area contributed by atoms with Gasteiger partial charge in [0.1, 0.15) is 5.75 Å². The lowest BCUT2D eigenvalue weighted by Gasteiger charge is -2.32. The molecule has 1 aliphatic carbocycles. The molecule has 1 N–H and O–H groups in total. The van der Waals surface area contributed by atoms with E-state index in [2.05, 4.69) is 5.32 Å². The van der Waals surface area contributed by atoms with Crippen molar-refractivity contribution < 1.29 is 13.2 Å². The summed E-state index contributed by atoms with van der Waals surface area (Å²) in [5.74, 6) is 0.129. The fraction of sp³-hybridized carbons (Fsp3) is 0.929. The van der Waals surface area contributed by atoms with Crippen molar-refractivity contribution in [1.29, 1.82) is 0 Å². The van der Waals surface area contributed by atoms with Crippen molar-refractivity contribution in [1.82, 2.24) is 10.2 Å². The van der Waals surface area contributed by atoms with Gasteiger partial charge in [-0.15, -0.1) is 0 Å². The first-order chi connectivity index (χ1) is 9.53. The largest absolute Gasteiger partial charge is 0.342 e. The van der Waals surface area contributed by atoms with E-state index in [1.165, 1.54) is 0 Å². The minimum atomic E-state index is -3.24. The minimum Gasteiger partial charge on any atom is -0.342 e. The average molecular weight is 302 g/mol. The van der Waals surface area contributed by atoms with Crippen LogP contribution in [-0.4, -0.2) is 56.9 Å². The summed E-state index contributed by atoms with van der Waals surface area (Å²) >= 11 is 0. The number of rotatable bonds is 5. The van der Waals surface area contributed by atoms with Gasteiger partial charge in [-0.1, -0.05) is 12.8 Å². The molecule has 5 nitrogen and oxygen atoms in total. The van der Waals surface area contributed by atoms with E-state index in [0.717, 1.165) is 45.1 Å². The number of hydrogen-bond acceptors (Lipinski definition) is 4. The first kappa shape index (κ1) is 15.8. The fourth-order valence-electron chi connectivity index (χ4n) is 3.30. The molecule has 1 aliphatic heterocycles. The van der Waals surface area contributed by atoms with Crippen molar-refractivity contribution >= 4 is 15.7 Å². The Morgan fingerprint density at radius 1 is 1.15 bits per heavy atom. The van der Waals surface area contributed by atoms with E-state index in [-0.39, 0.29) is 16.9 Å². The summed E-state index contributed by atoms with van der Waals surface area (Å²) < 4.78 is 24.4. The SMILES string of the molecule is CNCC1CCN(C(=O)CS(=O)(=O)C2CCCC2)CC1. The van der Waals surface area contributed by atoms with E-state index in [1.54, 1.807) is 4.90 Å². The van der Waals surface area contributed by atoms with Crippen LogP contribution in [0.15, 0.2) is 0 Å². The Bertz CT molecular complexity index is 422. The van der Waals surface area contributed by atoms with Crippen LogP contribution in [0.3, 0.4) is 0 Å². The Hall–Kier alpha value is -0.620. The number of piperidine rings is 1. The van der Waals surface area contributed by atoms with Gasteiger partial charge in [-0.25, -0.2) is 8.42 Å². The highest BCUT2D eigenvalue weighted by molar-refractivity contribution is 7.92. The highest BCUT2D eigenvalue weighted by Gasteiger charge is 2.33. The second-order valence-corrected chi connectivity index (χ2v) is 8.38. The van der Waals surface area contributed by atoms with Gasteiger partial charge < -0.3 is 10.2 Å². The molecule has 2 rings (SSSR count). The summed E-state index contributed by atoms with van der Waals surface area (Å²) in [5.41, 5.74) is 0. The van der Waals surface area contributed by atoms with Crippen molar-refractivity contribution in [2.24, 2.45) is 5.92 Å². The number of nitrogens with zero attached hydrogens (tertiary/aromatic N) is 1. The molecule has 0 spiro atoms. The number of carbonyl (C=O) groups is 1. The second-order valence-electron chi connectivity index (χ2n) is 6.10. The van der Waals surface area contributed by atoms with Crippen molar-refractivity contribution in [2.45, 2.75) is 43.8 Å². The molecule has 116 valence electrons. The molecule has 0 bridgehead atoms. The number of nitrogens with one attached hydrogen (secondary N) is 1. The summed E-state index contributed by atoms with van der Waals surface area (Å²) in [6.07, 6.45) is 5.37. The van der Waals surface area contributed by atoms with Crippen molar-refractivity contribution in [3.8, 4) is 0 Å². The van der Waals surface area contributed by atoms with Crippen molar-refractivity contribution in [3.63, 3.8) is 0 Å². The molecule has 1 heterocycles. The maximum atomic E-state index is 12.2. The first-order valence-electron chi connectivity index (χ1n) is 7.67. The average Bonchev–Trinajstić information content (AvgIpc) is 2.94. The molecule has 1 saturated carbocycles. The fourth-order valence-corrected chi connectivity index (χ4v) is 5.12. The van der Waals surface area contributed by atoms with Crippen LogP contribution in [0.4, 0.5) is 0 Å². The predicted octanol–water partition coefficient (Wildman–Crippen LogP) is 0.802. The van der Waals surface area contributed by atoms with Crippen LogP contribution in [0.1, 0.15) is 38.5 Å². The van der Waals surface area contributed by atoms with Crippen LogP contribution in [-0.2, 0) is 14.6 Å². The third kappa shape index (κ3) is 3.95. The first-order valence-corrected chi connectivity index (χ1v) is 9.38. The molecule has 2 aliphatic rings. The molecule has 20 heavy (non-hydrogen) atoms. The predicted molar refractivity (Wildman–Crippen MR) is 79.3 cm³/mol. The highest BCUT2D eigenvalue weighted by Crippen LogP contribution is 2.25. The summed E-state index contributed by atoms with van der Waals surface area (Å²) in [4.78, 5) is 13.9. The molecule has 6 heteroatoms.